The number of hydrogen-bond acceptors (Lipinski definition) is 3. The minimum atomic E-state index is -5.31. The molecule has 118 valence electrons. The fraction of sp³-hybridized carbons (Fsp3) is 0.300. The van der Waals surface area contributed by atoms with Gasteiger partial charge in [0.1, 0.15) is 5.54 Å². The molecule has 0 bridgehead atoms. The first-order valence-electron chi connectivity index (χ1n) is 5.11. The van der Waals surface area contributed by atoms with Crippen LogP contribution in [0.2, 0.25) is 0 Å². The third kappa shape index (κ3) is 2.97. The van der Waals surface area contributed by atoms with Crippen LogP contribution in [0.3, 0.4) is 0 Å². The van der Waals surface area contributed by atoms with Crippen molar-refractivity contribution < 1.29 is 40.3 Å². The van der Waals surface area contributed by atoms with E-state index in [0.29, 0.717) is 0 Å². The van der Waals surface area contributed by atoms with Crippen LogP contribution < -0.4 is 4.72 Å². The summed E-state index contributed by atoms with van der Waals surface area (Å²) in [6, 6.07) is 0. The summed E-state index contributed by atoms with van der Waals surface area (Å²) in [6.07, 6.45) is 0. The van der Waals surface area contributed by atoms with Gasteiger partial charge >= 0.3 is 5.97 Å². The molecule has 0 atom stereocenters. The summed E-state index contributed by atoms with van der Waals surface area (Å²) in [5, 5.41) is 8.72. The maximum absolute atomic E-state index is 13.4. The smallest absolute Gasteiger partial charge is 0.324 e. The van der Waals surface area contributed by atoms with Gasteiger partial charge in [0.25, 0.3) is 0 Å². The number of halogens is 5. The Hall–Kier alpha value is -1.75. The minimum Gasteiger partial charge on any atom is -0.480 e. The van der Waals surface area contributed by atoms with E-state index in [1.54, 1.807) is 0 Å². The fourth-order valence-corrected chi connectivity index (χ4v) is 2.76. The van der Waals surface area contributed by atoms with Crippen LogP contribution in [0.25, 0.3) is 0 Å². The quantitative estimate of drug-likeness (QED) is 0.497. The van der Waals surface area contributed by atoms with E-state index in [0.717, 1.165) is 13.8 Å². The van der Waals surface area contributed by atoms with Crippen molar-refractivity contribution in [2.24, 2.45) is 0 Å². The van der Waals surface area contributed by atoms with Crippen LogP contribution >= 0.6 is 0 Å². The average Bonchev–Trinajstić information content (AvgIpc) is 2.32. The number of rotatable bonds is 4. The van der Waals surface area contributed by atoms with Crippen molar-refractivity contribution in [3.05, 3.63) is 29.1 Å². The largest absolute Gasteiger partial charge is 0.480 e. The average molecular weight is 333 g/mol. The molecule has 0 saturated carbocycles. The highest BCUT2D eigenvalue weighted by molar-refractivity contribution is 7.89. The molecule has 1 rings (SSSR count). The summed E-state index contributed by atoms with van der Waals surface area (Å²) in [4.78, 5) is 8.62. The van der Waals surface area contributed by atoms with Gasteiger partial charge in [-0.15, -0.1) is 0 Å². The molecule has 1 aromatic carbocycles. The lowest BCUT2D eigenvalue weighted by atomic mass is 10.1. The lowest BCUT2D eigenvalue weighted by Gasteiger charge is -2.21. The summed E-state index contributed by atoms with van der Waals surface area (Å²) in [6.45, 7) is 1.64. The first kappa shape index (κ1) is 17.3. The summed E-state index contributed by atoms with van der Waals surface area (Å²) < 4.78 is 90.2. The fourth-order valence-electron chi connectivity index (χ4n) is 1.25. The number of nitrogens with one attached hydrogen (secondary N) is 1. The molecule has 1 aromatic rings. The van der Waals surface area contributed by atoms with Gasteiger partial charge in [-0.3, -0.25) is 4.79 Å². The third-order valence-electron chi connectivity index (χ3n) is 2.36. The van der Waals surface area contributed by atoms with Crippen molar-refractivity contribution in [1.29, 1.82) is 0 Å². The highest BCUT2D eigenvalue weighted by atomic mass is 32.2. The van der Waals surface area contributed by atoms with E-state index in [-0.39, 0.29) is 0 Å². The molecule has 0 aromatic heterocycles. The van der Waals surface area contributed by atoms with Crippen molar-refractivity contribution in [1.82, 2.24) is 4.72 Å². The summed E-state index contributed by atoms with van der Waals surface area (Å²) in [5.41, 5.74) is -2.24. The highest BCUT2D eigenvalue weighted by Gasteiger charge is 2.39. The molecule has 0 heterocycles. The van der Waals surface area contributed by atoms with Crippen molar-refractivity contribution >= 4 is 16.0 Å². The molecule has 0 saturated heterocycles. The van der Waals surface area contributed by atoms with Gasteiger partial charge in [0.15, 0.2) is 28.2 Å². The Balaban J connectivity index is 3.58. The first-order chi connectivity index (χ1) is 9.33. The number of carboxylic acids is 1. The van der Waals surface area contributed by atoms with E-state index in [2.05, 4.69) is 0 Å². The summed E-state index contributed by atoms with van der Waals surface area (Å²) >= 11 is 0. The predicted molar refractivity (Wildman–Crippen MR) is 58.3 cm³/mol. The molecule has 0 radical (unpaired) electrons. The zero-order valence-corrected chi connectivity index (χ0v) is 11.3. The monoisotopic (exact) mass is 333 g/mol. The van der Waals surface area contributed by atoms with Gasteiger partial charge in [0.2, 0.25) is 15.8 Å². The molecule has 11 heteroatoms. The number of hydrogen-bond donors (Lipinski definition) is 2. The van der Waals surface area contributed by atoms with Crippen LogP contribution in [0.4, 0.5) is 22.0 Å². The Morgan fingerprint density at radius 2 is 1.29 bits per heavy atom. The lowest BCUT2D eigenvalue weighted by Crippen LogP contribution is -2.50. The van der Waals surface area contributed by atoms with E-state index in [9.17, 15) is 35.2 Å². The molecule has 0 amide bonds. The van der Waals surface area contributed by atoms with Crippen LogP contribution in [0, 0.1) is 29.1 Å². The van der Waals surface area contributed by atoms with Gasteiger partial charge in [-0.2, -0.15) is 4.72 Å². The van der Waals surface area contributed by atoms with Crippen LogP contribution in [0.15, 0.2) is 4.90 Å². The van der Waals surface area contributed by atoms with Crippen LogP contribution in [0.5, 0.6) is 0 Å². The summed E-state index contributed by atoms with van der Waals surface area (Å²) in [5.74, 6) is -14.3. The van der Waals surface area contributed by atoms with E-state index >= 15 is 0 Å². The molecule has 21 heavy (non-hydrogen) atoms. The van der Waals surface area contributed by atoms with Gasteiger partial charge in [-0.25, -0.2) is 30.4 Å². The second-order valence-corrected chi connectivity index (χ2v) is 6.05. The zero-order valence-electron chi connectivity index (χ0n) is 10.5. The number of aliphatic carboxylic acids is 1. The topological polar surface area (TPSA) is 83.5 Å². The number of benzene rings is 1. The predicted octanol–water partition coefficient (Wildman–Crippen LogP) is 1.52. The van der Waals surface area contributed by atoms with Gasteiger partial charge in [-0.1, -0.05) is 0 Å². The van der Waals surface area contributed by atoms with Gasteiger partial charge < -0.3 is 5.11 Å². The molecule has 0 fully saturated rings. The molecule has 2 N–H and O–H groups in total. The van der Waals surface area contributed by atoms with Gasteiger partial charge in [0.05, 0.1) is 0 Å². The highest BCUT2D eigenvalue weighted by Crippen LogP contribution is 2.27. The Kier molecular flexibility index (Phi) is 4.30. The van der Waals surface area contributed by atoms with E-state index in [1.165, 1.54) is 4.72 Å². The molecule has 0 spiro atoms. The van der Waals surface area contributed by atoms with E-state index < -0.39 is 55.5 Å². The molecule has 5 nitrogen and oxygen atoms in total. The molecule has 0 aliphatic carbocycles. The Bertz CT molecular complexity index is 688. The molecular formula is C10H8F5NO4S. The SMILES string of the molecule is CC(C)(NS(=O)(=O)c1c(F)c(F)c(F)c(F)c1F)C(=O)O. The van der Waals surface area contributed by atoms with Crippen LogP contribution in [-0.4, -0.2) is 25.0 Å². The normalized spacial score (nSPS) is 12.5. The van der Waals surface area contributed by atoms with E-state index in [1.807, 2.05) is 0 Å². The van der Waals surface area contributed by atoms with Crippen LogP contribution in [-0.2, 0) is 14.8 Å². The number of sulfonamides is 1. The van der Waals surface area contributed by atoms with Crippen molar-refractivity contribution in [2.75, 3.05) is 0 Å². The zero-order chi connectivity index (χ0) is 16.7. The van der Waals surface area contributed by atoms with Gasteiger partial charge in [-0.05, 0) is 13.8 Å². The molecule has 0 aliphatic heterocycles. The standard InChI is InChI=1S/C10H8F5NO4S/c1-10(2,9(17)18)16-21(19,20)8-6(14)4(12)3(11)5(13)7(8)15/h16H,1-2H3,(H,17,18). The summed E-state index contributed by atoms with van der Waals surface area (Å²) in [7, 11) is -5.31. The van der Waals surface area contributed by atoms with Crippen LogP contribution in [0.1, 0.15) is 13.8 Å². The lowest BCUT2D eigenvalue weighted by molar-refractivity contribution is -0.142. The second-order valence-electron chi connectivity index (χ2n) is 4.43. The van der Waals surface area contributed by atoms with E-state index in [4.69, 9.17) is 5.11 Å². The maximum atomic E-state index is 13.4. The number of carbonyl (C=O) groups is 1. The first-order valence-corrected chi connectivity index (χ1v) is 6.60. The Morgan fingerprint density at radius 1 is 0.952 bits per heavy atom. The van der Waals surface area contributed by atoms with Crippen molar-refractivity contribution in [3.63, 3.8) is 0 Å². The molecule has 0 unspecified atom stereocenters. The Morgan fingerprint density at radius 3 is 1.62 bits per heavy atom. The maximum Gasteiger partial charge on any atom is 0.324 e. The number of carboxylic acid groups (broad SMARTS) is 1. The van der Waals surface area contributed by atoms with Crippen molar-refractivity contribution in [3.8, 4) is 0 Å². The molecule has 0 aliphatic rings. The minimum absolute atomic E-state index is 0.818. The second kappa shape index (κ2) is 5.22. The Labute approximate surface area is 115 Å². The van der Waals surface area contributed by atoms with Crippen molar-refractivity contribution in [2.45, 2.75) is 24.3 Å². The third-order valence-corrected chi connectivity index (χ3v) is 4.04. The van der Waals surface area contributed by atoms with Gasteiger partial charge in [0, 0.05) is 0 Å². The molecular weight excluding hydrogens is 325 g/mol.